The van der Waals surface area contributed by atoms with Gasteiger partial charge in [-0.2, -0.15) is 0 Å². The highest BCUT2D eigenvalue weighted by atomic mass is 16.6. The van der Waals surface area contributed by atoms with Crippen molar-refractivity contribution >= 4 is 11.9 Å². The van der Waals surface area contributed by atoms with Gasteiger partial charge in [-0.05, 0) is 57.2 Å². The first kappa shape index (κ1) is 19.9. The van der Waals surface area contributed by atoms with Gasteiger partial charge in [0.1, 0.15) is 11.4 Å². The van der Waals surface area contributed by atoms with E-state index in [0.29, 0.717) is 25.6 Å². The van der Waals surface area contributed by atoms with Crippen LogP contribution in [0.2, 0.25) is 0 Å². The van der Waals surface area contributed by atoms with E-state index in [-0.39, 0.29) is 11.7 Å². The molecule has 0 N–H and O–H groups in total. The third kappa shape index (κ3) is 4.92. The van der Waals surface area contributed by atoms with Crippen LogP contribution in [0.3, 0.4) is 0 Å². The Kier molecular flexibility index (Phi) is 5.65. The molecule has 150 valence electrons. The first-order valence-corrected chi connectivity index (χ1v) is 10.0. The number of ether oxygens (including phenoxy) is 2. The van der Waals surface area contributed by atoms with Crippen LogP contribution in [-0.4, -0.2) is 60.0 Å². The zero-order valence-electron chi connectivity index (χ0n) is 17.3. The number of pyridine rings is 1. The maximum atomic E-state index is 12.3. The minimum atomic E-state index is -0.461. The summed E-state index contributed by atoms with van der Waals surface area (Å²) in [5.74, 6) is 1.51. The zero-order chi connectivity index (χ0) is 19.7. The molecule has 0 atom stereocenters. The third-order valence-corrected chi connectivity index (χ3v) is 5.34. The zero-order valence-corrected chi connectivity index (χ0v) is 17.3. The number of anilines is 1. The number of aromatic nitrogens is 1. The Bertz CT molecular complexity index is 661. The number of carbonyl (C=O) groups is 1. The number of carbonyl (C=O) groups excluding carboxylic acids is 1. The van der Waals surface area contributed by atoms with Crippen molar-refractivity contribution in [2.75, 3.05) is 37.7 Å². The van der Waals surface area contributed by atoms with Gasteiger partial charge in [-0.25, -0.2) is 9.78 Å². The Morgan fingerprint density at radius 2 is 1.96 bits per heavy atom. The molecule has 2 fully saturated rings. The number of amides is 1. The quantitative estimate of drug-likeness (QED) is 0.787. The molecule has 27 heavy (non-hydrogen) atoms. The van der Waals surface area contributed by atoms with E-state index in [4.69, 9.17) is 9.47 Å². The molecule has 2 aliphatic rings. The fourth-order valence-electron chi connectivity index (χ4n) is 3.73. The molecule has 2 aliphatic heterocycles. The highest BCUT2D eigenvalue weighted by Gasteiger charge is 2.41. The Labute approximate surface area is 162 Å². The second-order valence-electron chi connectivity index (χ2n) is 9.02. The van der Waals surface area contributed by atoms with E-state index in [9.17, 15) is 4.79 Å². The summed E-state index contributed by atoms with van der Waals surface area (Å²) >= 11 is 0. The molecule has 0 bridgehead atoms. The Balaban J connectivity index is 1.63. The van der Waals surface area contributed by atoms with E-state index < -0.39 is 5.60 Å². The second kappa shape index (κ2) is 7.66. The van der Waals surface area contributed by atoms with Crippen LogP contribution in [0.4, 0.5) is 10.6 Å². The van der Waals surface area contributed by atoms with E-state index in [1.165, 1.54) is 5.56 Å². The normalized spacial score (nSPS) is 20.2. The summed E-state index contributed by atoms with van der Waals surface area (Å²) in [7, 11) is 0. The Hall–Kier alpha value is -1.82. The van der Waals surface area contributed by atoms with Gasteiger partial charge in [-0.3, -0.25) is 0 Å². The summed E-state index contributed by atoms with van der Waals surface area (Å²) in [6.45, 7) is 13.8. The third-order valence-electron chi connectivity index (χ3n) is 5.34. The van der Waals surface area contributed by atoms with Crippen LogP contribution < -0.4 is 4.90 Å². The van der Waals surface area contributed by atoms with E-state index in [1.54, 1.807) is 4.90 Å². The molecule has 1 aromatic rings. The number of piperidine rings is 1. The molecule has 6 nitrogen and oxygen atoms in total. The fourth-order valence-corrected chi connectivity index (χ4v) is 3.73. The van der Waals surface area contributed by atoms with Crippen LogP contribution >= 0.6 is 0 Å². The number of morpholine rings is 1. The largest absolute Gasteiger partial charge is 0.444 e. The summed E-state index contributed by atoms with van der Waals surface area (Å²) in [4.78, 5) is 21.0. The molecule has 6 heteroatoms. The van der Waals surface area contributed by atoms with Gasteiger partial charge in [0.05, 0.1) is 12.2 Å². The number of hydrogen-bond acceptors (Lipinski definition) is 5. The number of nitrogens with zero attached hydrogens (tertiary/aromatic N) is 3. The van der Waals surface area contributed by atoms with Crippen molar-refractivity contribution < 1.29 is 14.3 Å². The Morgan fingerprint density at radius 3 is 2.59 bits per heavy atom. The smallest absolute Gasteiger partial charge is 0.410 e. The molecular formula is C21H33N3O3. The van der Waals surface area contributed by atoms with Gasteiger partial charge in [0.2, 0.25) is 0 Å². The first-order valence-electron chi connectivity index (χ1n) is 10.0. The monoisotopic (exact) mass is 375 g/mol. The molecule has 0 radical (unpaired) electrons. The number of likely N-dealkylation sites (tertiary alicyclic amines) is 1. The van der Waals surface area contributed by atoms with Crippen molar-refractivity contribution in [3.63, 3.8) is 0 Å². The fraction of sp³-hybridized carbons (Fsp3) is 0.714. The van der Waals surface area contributed by atoms with Crippen LogP contribution in [-0.2, 0) is 9.47 Å². The van der Waals surface area contributed by atoms with Gasteiger partial charge >= 0.3 is 6.09 Å². The van der Waals surface area contributed by atoms with Crippen molar-refractivity contribution in [2.45, 2.75) is 64.6 Å². The lowest BCUT2D eigenvalue weighted by molar-refractivity contribution is -0.0913. The molecule has 3 heterocycles. The van der Waals surface area contributed by atoms with Crippen molar-refractivity contribution in [3.05, 3.63) is 23.9 Å². The van der Waals surface area contributed by atoms with E-state index in [2.05, 4.69) is 35.9 Å². The van der Waals surface area contributed by atoms with Crippen molar-refractivity contribution in [1.82, 2.24) is 9.88 Å². The molecule has 3 rings (SSSR count). The second-order valence-corrected chi connectivity index (χ2v) is 9.02. The lowest BCUT2D eigenvalue weighted by Crippen LogP contribution is -2.58. The molecule has 0 unspecified atom stereocenters. The van der Waals surface area contributed by atoms with Crippen LogP contribution in [0.1, 0.15) is 58.9 Å². The maximum absolute atomic E-state index is 12.3. The predicted octanol–water partition coefficient (Wildman–Crippen LogP) is 3.81. The summed E-state index contributed by atoms with van der Waals surface area (Å²) < 4.78 is 11.7. The summed E-state index contributed by atoms with van der Waals surface area (Å²) in [6.07, 6.45) is 3.33. The minimum absolute atomic E-state index is 0.202. The average Bonchev–Trinajstić information content (AvgIpc) is 2.61. The number of rotatable bonds is 2. The molecule has 1 aromatic heterocycles. The molecule has 0 saturated carbocycles. The summed E-state index contributed by atoms with van der Waals surface area (Å²) in [5.41, 5.74) is 0.643. The summed E-state index contributed by atoms with van der Waals surface area (Å²) in [5, 5.41) is 0. The topological polar surface area (TPSA) is 54.9 Å². The lowest BCUT2D eigenvalue weighted by atomic mass is 9.89. The Morgan fingerprint density at radius 1 is 1.26 bits per heavy atom. The van der Waals surface area contributed by atoms with Crippen molar-refractivity contribution in [2.24, 2.45) is 0 Å². The standard InChI is InChI=1S/C21H33N3O3/c1-16(2)17-6-9-22-18(14-17)24-12-13-26-21(15-24)7-10-23(11-8-21)19(25)27-20(3,4)5/h6,9,14,16H,7-8,10-13,15H2,1-5H3. The van der Waals surface area contributed by atoms with Gasteiger partial charge in [-0.1, -0.05) is 13.8 Å². The maximum Gasteiger partial charge on any atom is 0.410 e. The van der Waals surface area contributed by atoms with Crippen LogP contribution in [0.5, 0.6) is 0 Å². The minimum Gasteiger partial charge on any atom is -0.444 e. The van der Waals surface area contributed by atoms with Gasteiger partial charge in [0.25, 0.3) is 0 Å². The van der Waals surface area contributed by atoms with Crippen molar-refractivity contribution in [1.29, 1.82) is 0 Å². The van der Waals surface area contributed by atoms with Crippen molar-refractivity contribution in [3.8, 4) is 0 Å². The lowest BCUT2D eigenvalue weighted by Gasteiger charge is -2.47. The molecule has 0 aromatic carbocycles. The molecular weight excluding hydrogens is 342 g/mol. The molecule has 0 aliphatic carbocycles. The molecule has 1 amide bonds. The highest BCUT2D eigenvalue weighted by molar-refractivity contribution is 5.68. The predicted molar refractivity (Wildman–Crippen MR) is 106 cm³/mol. The van der Waals surface area contributed by atoms with E-state index >= 15 is 0 Å². The highest BCUT2D eigenvalue weighted by Crippen LogP contribution is 2.32. The van der Waals surface area contributed by atoms with Gasteiger partial charge in [0, 0.05) is 32.4 Å². The van der Waals surface area contributed by atoms with Gasteiger partial charge in [-0.15, -0.1) is 0 Å². The molecule has 1 spiro atoms. The number of hydrogen-bond donors (Lipinski definition) is 0. The van der Waals surface area contributed by atoms with E-state index in [1.807, 2.05) is 27.0 Å². The van der Waals surface area contributed by atoms with Gasteiger partial charge in [0.15, 0.2) is 0 Å². The summed E-state index contributed by atoms with van der Waals surface area (Å²) in [6, 6.07) is 4.28. The van der Waals surface area contributed by atoms with Crippen LogP contribution in [0.25, 0.3) is 0 Å². The molecule has 2 saturated heterocycles. The first-order chi connectivity index (χ1) is 12.7. The van der Waals surface area contributed by atoms with Gasteiger partial charge < -0.3 is 19.3 Å². The van der Waals surface area contributed by atoms with E-state index in [0.717, 1.165) is 31.7 Å². The average molecular weight is 376 g/mol. The SMILES string of the molecule is CC(C)c1ccnc(N2CCOC3(CCN(C(=O)OC(C)(C)C)CC3)C2)c1. The van der Waals surface area contributed by atoms with Crippen LogP contribution in [0, 0.1) is 0 Å². The van der Waals surface area contributed by atoms with Crippen LogP contribution in [0.15, 0.2) is 18.3 Å².